The van der Waals surface area contributed by atoms with Gasteiger partial charge in [0.05, 0.1) is 6.54 Å². The number of carbonyl (C=O) groups is 1. The molecule has 0 unspecified atom stereocenters. The molecule has 0 saturated heterocycles. The molecule has 26 heavy (non-hydrogen) atoms. The second-order valence-corrected chi connectivity index (χ2v) is 8.64. The summed E-state index contributed by atoms with van der Waals surface area (Å²) < 4.78 is 5.51. The molecule has 1 aliphatic carbocycles. The van der Waals surface area contributed by atoms with Gasteiger partial charge in [0.2, 0.25) is 0 Å². The Hall–Kier alpha value is -1.03. The number of thiophene rings is 1. The van der Waals surface area contributed by atoms with E-state index >= 15 is 0 Å². The van der Waals surface area contributed by atoms with E-state index in [1.807, 2.05) is 25.7 Å². The molecule has 1 aliphatic rings. The molecular weight excluding hydrogens is 463 g/mol. The Morgan fingerprint density at radius 3 is 2.54 bits per heavy atom. The van der Waals surface area contributed by atoms with E-state index in [0.717, 1.165) is 25.3 Å². The molecule has 0 atom stereocenters. The van der Waals surface area contributed by atoms with Gasteiger partial charge in [-0.15, -0.1) is 35.3 Å². The summed E-state index contributed by atoms with van der Waals surface area (Å²) in [4.78, 5) is 21.0. The van der Waals surface area contributed by atoms with Gasteiger partial charge >= 0.3 is 6.09 Å². The van der Waals surface area contributed by atoms with Crippen LogP contribution in [0.2, 0.25) is 0 Å². The number of ether oxygens (including phenoxy) is 1. The zero-order valence-electron chi connectivity index (χ0n) is 16.3. The van der Waals surface area contributed by atoms with Crippen LogP contribution in [0.15, 0.2) is 17.1 Å². The lowest BCUT2D eigenvalue weighted by Crippen LogP contribution is -2.45. The number of carbonyl (C=O) groups excluding carboxylic acids is 1. The van der Waals surface area contributed by atoms with Crippen LogP contribution >= 0.6 is 35.3 Å². The highest BCUT2D eigenvalue weighted by Gasteiger charge is 2.34. The van der Waals surface area contributed by atoms with Crippen molar-refractivity contribution < 1.29 is 9.53 Å². The lowest BCUT2D eigenvalue weighted by atomic mass is 10.2. The van der Waals surface area contributed by atoms with Crippen molar-refractivity contribution in [2.45, 2.75) is 58.7 Å². The van der Waals surface area contributed by atoms with Crippen molar-refractivity contribution in [1.29, 1.82) is 0 Å². The first-order valence-electron chi connectivity index (χ1n) is 8.78. The van der Waals surface area contributed by atoms with Crippen molar-refractivity contribution in [2.24, 2.45) is 4.99 Å². The summed E-state index contributed by atoms with van der Waals surface area (Å²) in [7, 11) is 1.75. The molecule has 0 aromatic carbocycles. The van der Waals surface area contributed by atoms with E-state index in [0.29, 0.717) is 19.1 Å². The third-order valence-corrected chi connectivity index (χ3v) is 4.71. The van der Waals surface area contributed by atoms with E-state index in [2.05, 4.69) is 34.7 Å². The molecule has 0 bridgehead atoms. The Labute approximate surface area is 177 Å². The van der Waals surface area contributed by atoms with Gasteiger partial charge in [-0.2, -0.15) is 0 Å². The maximum Gasteiger partial charge on any atom is 0.410 e. The molecule has 1 amide bonds. The van der Waals surface area contributed by atoms with Crippen LogP contribution in [-0.4, -0.2) is 48.7 Å². The first kappa shape index (κ1) is 23.0. The smallest absolute Gasteiger partial charge is 0.410 e. The van der Waals surface area contributed by atoms with E-state index in [1.54, 1.807) is 18.4 Å². The number of nitrogens with zero attached hydrogens (tertiary/aromatic N) is 2. The van der Waals surface area contributed by atoms with Gasteiger partial charge in [0.1, 0.15) is 5.60 Å². The second kappa shape index (κ2) is 10.3. The zero-order valence-corrected chi connectivity index (χ0v) is 19.4. The molecule has 1 aromatic rings. The lowest BCUT2D eigenvalue weighted by molar-refractivity contribution is 0.0238. The third kappa shape index (κ3) is 8.11. The normalized spacial score (nSPS) is 14.4. The molecule has 0 radical (unpaired) electrons. The highest BCUT2D eigenvalue weighted by Crippen LogP contribution is 2.28. The number of aryl methyl sites for hydroxylation is 1. The topological polar surface area (TPSA) is 66.0 Å². The number of aliphatic imine (C=N–C) groups is 1. The summed E-state index contributed by atoms with van der Waals surface area (Å²) >= 11 is 1.78. The molecule has 148 valence electrons. The lowest BCUT2D eigenvalue weighted by Gasteiger charge is -2.27. The van der Waals surface area contributed by atoms with Crippen LogP contribution in [-0.2, 0) is 11.3 Å². The van der Waals surface area contributed by atoms with Crippen LogP contribution < -0.4 is 10.6 Å². The fourth-order valence-corrected chi connectivity index (χ4v) is 3.23. The Morgan fingerprint density at radius 2 is 2.04 bits per heavy atom. The quantitative estimate of drug-likeness (QED) is 0.359. The minimum atomic E-state index is -0.464. The van der Waals surface area contributed by atoms with Gasteiger partial charge in [0, 0.05) is 35.9 Å². The van der Waals surface area contributed by atoms with E-state index in [1.165, 1.54) is 9.75 Å². The molecule has 0 aliphatic heterocycles. The Balaban J connectivity index is 0.00000338. The van der Waals surface area contributed by atoms with Gasteiger partial charge in [-0.1, -0.05) is 0 Å². The minimum Gasteiger partial charge on any atom is -0.444 e. The Bertz CT molecular complexity index is 609. The van der Waals surface area contributed by atoms with Gasteiger partial charge in [0.25, 0.3) is 0 Å². The summed E-state index contributed by atoms with van der Waals surface area (Å²) in [6.45, 7) is 9.78. The van der Waals surface area contributed by atoms with Gasteiger partial charge in [0.15, 0.2) is 5.96 Å². The average Bonchev–Trinajstić information content (AvgIpc) is 3.26. The largest absolute Gasteiger partial charge is 0.444 e. The predicted octanol–water partition coefficient (Wildman–Crippen LogP) is 3.74. The van der Waals surface area contributed by atoms with Gasteiger partial charge in [-0.25, -0.2) is 4.79 Å². The van der Waals surface area contributed by atoms with Crippen LogP contribution in [0, 0.1) is 6.92 Å². The van der Waals surface area contributed by atoms with E-state index in [-0.39, 0.29) is 30.1 Å². The molecule has 8 heteroatoms. The number of halogens is 1. The number of guanidine groups is 1. The van der Waals surface area contributed by atoms with Gasteiger partial charge in [-0.05, 0) is 52.7 Å². The van der Waals surface area contributed by atoms with E-state index in [9.17, 15) is 4.79 Å². The number of hydrogen-bond donors (Lipinski definition) is 2. The first-order valence-corrected chi connectivity index (χ1v) is 9.59. The average molecular weight is 494 g/mol. The van der Waals surface area contributed by atoms with E-state index in [4.69, 9.17) is 4.74 Å². The summed E-state index contributed by atoms with van der Waals surface area (Å²) in [5.74, 6) is 0.742. The highest BCUT2D eigenvalue weighted by atomic mass is 127. The van der Waals surface area contributed by atoms with Crippen molar-refractivity contribution in [2.75, 3.05) is 20.1 Å². The van der Waals surface area contributed by atoms with Crippen LogP contribution in [0.5, 0.6) is 0 Å². The van der Waals surface area contributed by atoms with Crippen molar-refractivity contribution in [3.8, 4) is 0 Å². The Morgan fingerprint density at radius 1 is 1.35 bits per heavy atom. The standard InChI is InChI=1S/C18H30N4O2S.HI/c1-13-6-9-15(25-13)12-21-16(19-5)20-10-11-22(14-7-8-14)17(23)24-18(2,3)4;/h6,9,14H,7-8,10-12H2,1-5H3,(H2,19,20,21);1H. The van der Waals surface area contributed by atoms with Crippen LogP contribution in [0.1, 0.15) is 43.4 Å². The third-order valence-electron chi connectivity index (χ3n) is 3.71. The van der Waals surface area contributed by atoms with Crippen molar-refractivity contribution in [3.63, 3.8) is 0 Å². The zero-order chi connectivity index (χ0) is 18.4. The van der Waals surface area contributed by atoms with Crippen molar-refractivity contribution in [3.05, 3.63) is 21.9 Å². The molecule has 1 fully saturated rings. The number of hydrogen-bond acceptors (Lipinski definition) is 4. The molecular formula is C18H31IN4O2S. The summed E-state index contributed by atoms with van der Waals surface area (Å²) in [6.07, 6.45) is 1.89. The van der Waals surface area contributed by atoms with E-state index < -0.39 is 5.60 Å². The highest BCUT2D eigenvalue weighted by molar-refractivity contribution is 14.0. The summed E-state index contributed by atoms with van der Waals surface area (Å²) in [5.41, 5.74) is -0.464. The summed E-state index contributed by atoms with van der Waals surface area (Å²) in [5, 5.41) is 6.57. The number of rotatable bonds is 6. The number of amides is 1. The monoisotopic (exact) mass is 494 g/mol. The molecule has 2 N–H and O–H groups in total. The molecule has 1 saturated carbocycles. The van der Waals surface area contributed by atoms with Crippen molar-refractivity contribution >= 4 is 47.4 Å². The van der Waals surface area contributed by atoms with Crippen molar-refractivity contribution in [1.82, 2.24) is 15.5 Å². The van der Waals surface area contributed by atoms with Crippen LogP contribution in [0.4, 0.5) is 4.79 Å². The fraction of sp³-hybridized carbons (Fsp3) is 0.667. The van der Waals surface area contributed by atoms with Crippen LogP contribution in [0.3, 0.4) is 0 Å². The summed E-state index contributed by atoms with van der Waals surface area (Å²) in [6, 6.07) is 4.56. The van der Waals surface area contributed by atoms with Crippen LogP contribution in [0.25, 0.3) is 0 Å². The molecule has 2 rings (SSSR count). The van der Waals surface area contributed by atoms with Gasteiger partial charge < -0.3 is 20.3 Å². The molecule has 0 spiro atoms. The maximum atomic E-state index is 12.3. The van der Waals surface area contributed by atoms with Gasteiger partial charge in [-0.3, -0.25) is 4.99 Å². The molecule has 1 heterocycles. The molecule has 6 nitrogen and oxygen atoms in total. The first-order chi connectivity index (χ1) is 11.8. The fourth-order valence-electron chi connectivity index (χ4n) is 2.40. The molecule has 1 aromatic heterocycles. The Kier molecular flexibility index (Phi) is 9.15. The maximum absolute atomic E-state index is 12.3. The number of nitrogens with one attached hydrogen (secondary N) is 2. The predicted molar refractivity (Wildman–Crippen MR) is 119 cm³/mol. The second-order valence-electron chi connectivity index (χ2n) is 7.27. The SMILES string of the molecule is CN=C(NCCN(C(=O)OC(C)(C)C)C1CC1)NCc1ccc(C)s1.I. The minimum absolute atomic E-state index is 0.